The Morgan fingerprint density at radius 1 is 1.53 bits per heavy atom. The maximum Gasteiger partial charge on any atom is 0.337 e. The van der Waals surface area contributed by atoms with Crippen LogP contribution in [-0.4, -0.2) is 39.8 Å². The summed E-state index contributed by atoms with van der Waals surface area (Å²) in [6.45, 7) is 2.26. The van der Waals surface area contributed by atoms with E-state index in [1.54, 1.807) is 6.07 Å². The number of hydrogen-bond donors (Lipinski definition) is 2. The standard InChI is InChI=1S/C11H13N5O3/c1-3-19-11-14-10(15-16-11)13-9(17)7-4-5-12-6-8(7)18-2/h4-6H,3H2,1-2H3,(H2,13,14,15,16,17). The van der Waals surface area contributed by atoms with Crippen LogP contribution in [0, 0.1) is 0 Å². The summed E-state index contributed by atoms with van der Waals surface area (Å²) in [6, 6.07) is 1.73. The monoisotopic (exact) mass is 263 g/mol. The molecular weight excluding hydrogens is 250 g/mol. The van der Waals surface area contributed by atoms with Gasteiger partial charge in [0.15, 0.2) is 0 Å². The van der Waals surface area contributed by atoms with Crippen LogP contribution >= 0.6 is 0 Å². The largest absolute Gasteiger partial charge is 0.494 e. The third kappa shape index (κ3) is 2.97. The minimum absolute atomic E-state index is 0.180. The third-order valence-corrected chi connectivity index (χ3v) is 2.22. The van der Waals surface area contributed by atoms with Crippen LogP contribution in [0.1, 0.15) is 17.3 Å². The summed E-state index contributed by atoms with van der Waals surface area (Å²) in [7, 11) is 1.47. The molecule has 0 radical (unpaired) electrons. The average Bonchev–Trinajstić information content (AvgIpc) is 2.86. The Kier molecular flexibility index (Phi) is 3.91. The van der Waals surface area contributed by atoms with Gasteiger partial charge in [0, 0.05) is 6.20 Å². The Balaban J connectivity index is 2.11. The molecule has 2 N–H and O–H groups in total. The molecular formula is C11H13N5O3. The van der Waals surface area contributed by atoms with Crippen LogP contribution in [-0.2, 0) is 0 Å². The van der Waals surface area contributed by atoms with Crippen LogP contribution in [0.15, 0.2) is 18.5 Å². The zero-order chi connectivity index (χ0) is 13.7. The Morgan fingerprint density at radius 2 is 2.37 bits per heavy atom. The smallest absolute Gasteiger partial charge is 0.337 e. The molecule has 0 atom stereocenters. The molecule has 0 aliphatic rings. The normalized spacial score (nSPS) is 10.0. The molecule has 1 amide bonds. The molecule has 0 spiro atoms. The highest BCUT2D eigenvalue weighted by atomic mass is 16.5. The van der Waals surface area contributed by atoms with Gasteiger partial charge in [-0.3, -0.25) is 15.1 Å². The van der Waals surface area contributed by atoms with Crippen LogP contribution < -0.4 is 14.8 Å². The van der Waals surface area contributed by atoms with Crippen molar-refractivity contribution in [1.82, 2.24) is 20.2 Å². The van der Waals surface area contributed by atoms with Gasteiger partial charge < -0.3 is 9.47 Å². The average molecular weight is 263 g/mol. The first kappa shape index (κ1) is 12.8. The van der Waals surface area contributed by atoms with Gasteiger partial charge in [-0.25, -0.2) is 5.10 Å². The van der Waals surface area contributed by atoms with Crippen LogP contribution in [0.4, 0.5) is 5.95 Å². The first-order valence-electron chi connectivity index (χ1n) is 5.59. The van der Waals surface area contributed by atoms with E-state index in [0.29, 0.717) is 17.9 Å². The SMILES string of the molecule is CCOc1n[nH]c(NC(=O)c2ccncc2OC)n1. The number of aromatic amines is 1. The molecule has 19 heavy (non-hydrogen) atoms. The highest BCUT2D eigenvalue weighted by Crippen LogP contribution is 2.17. The number of nitrogens with one attached hydrogen (secondary N) is 2. The van der Waals surface area contributed by atoms with E-state index >= 15 is 0 Å². The van der Waals surface area contributed by atoms with Gasteiger partial charge in [-0.15, -0.1) is 5.10 Å². The van der Waals surface area contributed by atoms with E-state index in [9.17, 15) is 4.79 Å². The number of nitrogens with zero attached hydrogens (tertiary/aromatic N) is 3. The molecule has 2 rings (SSSR count). The molecule has 2 aromatic heterocycles. The second-order valence-electron chi connectivity index (χ2n) is 3.43. The maximum absolute atomic E-state index is 12.0. The summed E-state index contributed by atoms with van der Waals surface area (Å²) < 4.78 is 10.1. The molecule has 2 aromatic rings. The third-order valence-electron chi connectivity index (χ3n) is 2.22. The topological polar surface area (TPSA) is 102 Å². The molecule has 8 nitrogen and oxygen atoms in total. The highest BCUT2D eigenvalue weighted by Gasteiger charge is 2.14. The molecule has 0 unspecified atom stereocenters. The molecule has 0 aliphatic heterocycles. The molecule has 0 saturated heterocycles. The number of methoxy groups -OCH3 is 1. The van der Waals surface area contributed by atoms with Crippen molar-refractivity contribution in [1.29, 1.82) is 0 Å². The predicted molar refractivity (Wildman–Crippen MR) is 66.3 cm³/mol. The fourth-order valence-corrected chi connectivity index (χ4v) is 1.40. The van der Waals surface area contributed by atoms with Crippen LogP contribution in [0.3, 0.4) is 0 Å². The van der Waals surface area contributed by atoms with Crippen molar-refractivity contribution in [2.45, 2.75) is 6.92 Å². The second kappa shape index (κ2) is 5.80. The lowest BCUT2D eigenvalue weighted by Gasteiger charge is -2.06. The van der Waals surface area contributed by atoms with Gasteiger partial charge in [0.2, 0.25) is 5.95 Å². The lowest BCUT2D eigenvalue weighted by Crippen LogP contribution is -2.14. The van der Waals surface area contributed by atoms with Crippen molar-refractivity contribution >= 4 is 11.9 Å². The summed E-state index contributed by atoms with van der Waals surface area (Å²) in [4.78, 5) is 19.8. The number of hydrogen-bond acceptors (Lipinski definition) is 6. The predicted octanol–water partition coefficient (Wildman–Crippen LogP) is 0.859. The minimum Gasteiger partial charge on any atom is -0.494 e. The van der Waals surface area contributed by atoms with Crippen molar-refractivity contribution in [3.8, 4) is 11.8 Å². The van der Waals surface area contributed by atoms with Gasteiger partial charge >= 0.3 is 6.01 Å². The van der Waals surface area contributed by atoms with E-state index in [1.807, 2.05) is 6.92 Å². The van der Waals surface area contributed by atoms with Gasteiger partial charge in [-0.1, -0.05) is 0 Å². The summed E-state index contributed by atoms with van der Waals surface area (Å²) in [6.07, 6.45) is 2.96. The number of rotatable bonds is 5. The fourth-order valence-electron chi connectivity index (χ4n) is 1.40. The number of carbonyl (C=O) groups excluding carboxylic acids is 1. The molecule has 0 saturated carbocycles. The van der Waals surface area contributed by atoms with Crippen molar-refractivity contribution in [3.63, 3.8) is 0 Å². The second-order valence-corrected chi connectivity index (χ2v) is 3.43. The quantitative estimate of drug-likeness (QED) is 0.829. The van der Waals surface area contributed by atoms with E-state index in [-0.39, 0.29) is 17.9 Å². The van der Waals surface area contributed by atoms with E-state index in [0.717, 1.165) is 0 Å². The lowest BCUT2D eigenvalue weighted by molar-refractivity contribution is 0.102. The van der Waals surface area contributed by atoms with E-state index < -0.39 is 0 Å². The van der Waals surface area contributed by atoms with Crippen LogP contribution in [0.5, 0.6) is 11.8 Å². The number of ether oxygens (including phenoxy) is 2. The lowest BCUT2D eigenvalue weighted by atomic mass is 10.2. The van der Waals surface area contributed by atoms with Gasteiger partial charge in [0.1, 0.15) is 5.75 Å². The van der Waals surface area contributed by atoms with E-state index in [4.69, 9.17) is 9.47 Å². The molecule has 0 aliphatic carbocycles. The zero-order valence-electron chi connectivity index (χ0n) is 10.5. The molecule has 0 aromatic carbocycles. The number of H-pyrrole nitrogens is 1. The first-order valence-corrected chi connectivity index (χ1v) is 5.59. The van der Waals surface area contributed by atoms with Gasteiger partial charge in [0.25, 0.3) is 5.91 Å². The summed E-state index contributed by atoms with van der Waals surface area (Å²) in [5, 5.41) is 8.89. The maximum atomic E-state index is 12.0. The van der Waals surface area contributed by atoms with E-state index in [1.165, 1.54) is 19.5 Å². The van der Waals surface area contributed by atoms with Gasteiger partial charge in [0.05, 0.1) is 25.5 Å². The summed E-state index contributed by atoms with van der Waals surface area (Å²) in [5.74, 6) is 0.204. The molecule has 0 bridgehead atoms. The Bertz CT molecular complexity index is 569. The van der Waals surface area contributed by atoms with E-state index in [2.05, 4.69) is 25.5 Å². The highest BCUT2D eigenvalue weighted by molar-refractivity contribution is 6.05. The zero-order valence-corrected chi connectivity index (χ0v) is 10.5. The van der Waals surface area contributed by atoms with Gasteiger partial charge in [-0.2, -0.15) is 4.98 Å². The number of aromatic nitrogens is 4. The Morgan fingerprint density at radius 3 is 3.11 bits per heavy atom. The Hall–Kier alpha value is -2.64. The van der Waals surface area contributed by atoms with Crippen molar-refractivity contribution in [3.05, 3.63) is 24.0 Å². The van der Waals surface area contributed by atoms with Crippen LogP contribution in [0.25, 0.3) is 0 Å². The molecule has 8 heteroatoms. The summed E-state index contributed by atoms with van der Waals surface area (Å²) >= 11 is 0. The Labute approximate surface area is 109 Å². The molecule has 100 valence electrons. The van der Waals surface area contributed by atoms with Crippen molar-refractivity contribution < 1.29 is 14.3 Å². The fraction of sp³-hybridized carbons (Fsp3) is 0.273. The van der Waals surface area contributed by atoms with Crippen molar-refractivity contribution in [2.24, 2.45) is 0 Å². The van der Waals surface area contributed by atoms with Crippen molar-refractivity contribution in [2.75, 3.05) is 19.0 Å². The summed E-state index contributed by atoms with van der Waals surface area (Å²) in [5.41, 5.74) is 0.354. The minimum atomic E-state index is -0.376. The van der Waals surface area contributed by atoms with Gasteiger partial charge in [-0.05, 0) is 13.0 Å². The number of carbonyl (C=O) groups is 1. The number of pyridine rings is 1. The number of amides is 1. The first-order chi connectivity index (χ1) is 9.24. The molecule has 0 fully saturated rings. The van der Waals surface area contributed by atoms with Crippen LogP contribution in [0.2, 0.25) is 0 Å². The number of anilines is 1. The molecule has 2 heterocycles.